The topological polar surface area (TPSA) is 18.5 Å². The summed E-state index contributed by atoms with van der Waals surface area (Å²) in [5, 5.41) is 0. The first-order valence-corrected chi connectivity index (χ1v) is 4.20. The summed E-state index contributed by atoms with van der Waals surface area (Å²) in [5.74, 6) is 1.35. The summed E-state index contributed by atoms with van der Waals surface area (Å²) in [6, 6.07) is 0. The maximum absolute atomic E-state index is 5.55. The van der Waals surface area contributed by atoms with Gasteiger partial charge in [-0.2, -0.15) is 0 Å². The van der Waals surface area contributed by atoms with Crippen molar-refractivity contribution in [3.8, 4) is 0 Å². The van der Waals surface area contributed by atoms with Crippen LogP contribution in [0.15, 0.2) is 12.2 Å². The first-order valence-electron chi connectivity index (χ1n) is 4.20. The summed E-state index contributed by atoms with van der Waals surface area (Å²) in [5.41, 5.74) is 0. The third-order valence-corrected chi connectivity index (χ3v) is 2.66. The van der Waals surface area contributed by atoms with Crippen molar-refractivity contribution in [2.45, 2.75) is 18.9 Å². The van der Waals surface area contributed by atoms with E-state index < -0.39 is 0 Å². The number of hydrogen-bond donors (Lipinski definition) is 0. The number of fused-ring (bicyclic) bond motifs is 2. The third-order valence-electron chi connectivity index (χ3n) is 2.66. The van der Waals surface area contributed by atoms with Crippen LogP contribution in [0.25, 0.3) is 0 Å². The fourth-order valence-corrected chi connectivity index (χ4v) is 2.12. The molecule has 2 bridgehead atoms. The van der Waals surface area contributed by atoms with Gasteiger partial charge in [0.25, 0.3) is 0 Å². The molecule has 0 radical (unpaired) electrons. The van der Waals surface area contributed by atoms with E-state index in [4.69, 9.17) is 9.47 Å². The predicted octanol–water partition coefficient (Wildman–Crippen LogP) is 1.57. The van der Waals surface area contributed by atoms with Crippen molar-refractivity contribution in [1.29, 1.82) is 0 Å². The molecule has 2 aliphatic rings. The van der Waals surface area contributed by atoms with E-state index in [2.05, 4.69) is 12.2 Å². The molecule has 0 amide bonds. The van der Waals surface area contributed by atoms with Gasteiger partial charge in [0.15, 0.2) is 0 Å². The van der Waals surface area contributed by atoms with Crippen molar-refractivity contribution in [3.05, 3.63) is 12.2 Å². The molecule has 2 nitrogen and oxygen atoms in total. The summed E-state index contributed by atoms with van der Waals surface area (Å²) in [7, 11) is 1.67. The summed E-state index contributed by atoms with van der Waals surface area (Å²) in [4.78, 5) is 0. The van der Waals surface area contributed by atoms with Crippen molar-refractivity contribution in [3.63, 3.8) is 0 Å². The number of ether oxygens (including phenoxy) is 2. The summed E-state index contributed by atoms with van der Waals surface area (Å²) in [6.07, 6.45) is 7.60. The summed E-state index contributed by atoms with van der Waals surface area (Å²) in [6.45, 7) is 0.444. The molecule has 0 aliphatic heterocycles. The molecule has 2 rings (SSSR count). The zero-order valence-corrected chi connectivity index (χ0v) is 6.82. The van der Waals surface area contributed by atoms with Crippen LogP contribution in [-0.2, 0) is 9.47 Å². The predicted molar refractivity (Wildman–Crippen MR) is 42.1 cm³/mol. The molecule has 2 unspecified atom stereocenters. The molecule has 0 spiro atoms. The van der Waals surface area contributed by atoms with Gasteiger partial charge in [-0.15, -0.1) is 0 Å². The highest BCUT2D eigenvalue weighted by molar-refractivity contribution is 5.12. The highest BCUT2D eigenvalue weighted by atomic mass is 16.7. The average Bonchev–Trinajstić information content (AvgIpc) is 2.59. The van der Waals surface area contributed by atoms with Crippen LogP contribution in [0.2, 0.25) is 0 Å². The van der Waals surface area contributed by atoms with Crippen LogP contribution in [0.1, 0.15) is 12.8 Å². The molecule has 0 N–H and O–H groups in total. The van der Waals surface area contributed by atoms with Crippen molar-refractivity contribution >= 4 is 0 Å². The molecule has 0 aromatic carbocycles. The maximum Gasteiger partial charge on any atom is 0.146 e. The molecule has 0 heterocycles. The van der Waals surface area contributed by atoms with Crippen LogP contribution in [0.5, 0.6) is 0 Å². The minimum atomic E-state index is 0.426. The Bertz CT molecular complexity index is 151. The minimum Gasteiger partial charge on any atom is -0.359 e. The number of rotatable bonds is 3. The van der Waals surface area contributed by atoms with E-state index >= 15 is 0 Å². The molecule has 0 saturated heterocycles. The number of methoxy groups -OCH3 is 1. The Kier molecular flexibility index (Phi) is 1.96. The lowest BCUT2D eigenvalue weighted by molar-refractivity contribution is -0.0836. The molecule has 62 valence electrons. The molecule has 2 heteroatoms. The Hall–Kier alpha value is -0.340. The molecule has 2 atom stereocenters. The molecule has 2 aliphatic carbocycles. The van der Waals surface area contributed by atoms with Crippen molar-refractivity contribution in [2.75, 3.05) is 13.9 Å². The first kappa shape index (κ1) is 7.32. The Balaban J connectivity index is 1.87. The van der Waals surface area contributed by atoms with Crippen LogP contribution >= 0.6 is 0 Å². The normalized spacial score (nSPS) is 40.3. The minimum absolute atomic E-state index is 0.426. The second-order valence-electron chi connectivity index (χ2n) is 3.33. The Morgan fingerprint density at radius 1 is 1.27 bits per heavy atom. The summed E-state index contributed by atoms with van der Waals surface area (Å²) >= 11 is 0. The smallest absolute Gasteiger partial charge is 0.146 e. The molecule has 1 saturated carbocycles. The monoisotopic (exact) mass is 154 g/mol. The quantitative estimate of drug-likeness (QED) is 0.454. The zero-order chi connectivity index (χ0) is 7.68. The highest BCUT2D eigenvalue weighted by Gasteiger charge is 2.38. The van der Waals surface area contributed by atoms with Gasteiger partial charge in [0, 0.05) is 18.9 Å². The maximum atomic E-state index is 5.55. The van der Waals surface area contributed by atoms with Gasteiger partial charge in [-0.3, -0.25) is 0 Å². The molecular formula is C9H14O2. The van der Waals surface area contributed by atoms with Gasteiger partial charge >= 0.3 is 0 Å². The zero-order valence-electron chi connectivity index (χ0n) is 6.82. The highest BCUT2D eigenvalue weighted by Crippen LogP contribution is 2.40. The largest absolute Gasteiger partial charge is 0.359 e. The lowest BCUT2D eigenvalue weighted by Crippen LogP contribution is -2.19. The second-order valence-corrected chi connectivity index (χ2v) is 3.33. The third kappa shape index (κ3) is 1.21. The van der Waals surface area contributed by atoms with Crippen LogP contribution in [-0.4, -0.2) is 20.0 Å². The van der Waals surface area contributed by atoms with Gasteiger partial charge in [0.2, 0.25) is 0 Å². The Labute approximate surface area is 67.2 Å². The van der Waals surface area contributed by atoms with Gasteiger partial charge in [-0.1, -0.05) is 12.2 Å². The van der Waals surface area contributed by atoms with Crippen molar-refractivity contribution in [1.82, 2.24) is 0 Å². The van der Waals surface area contributed by atoms with E-state index in [9.17, 15) is 0 Å². The Morgan fingerprint density at radius 3 is 2.36 bits per heavy atom. The van der Waals surface area contributed by atoms with Gasteiger partial charge in [0.05, 0.1) is 6.10 Å². The van der Waals surface area contributed by atoms with E-state index in [1.54, 1.807) is 7.11 Å². The number of hydrogen-bond acceptors (Lipinski definition) is 2. The van der Waals surface area contributed by atoms with Crippen LogP contribution in [0, 0.1) is 11.8 Å². The van der Waals surface area contributed by atoms with E-state index in [1.165, 1.54) is 12.8 Å². The molecule has 0 aromatic heterocycles. The summed E-state index contributed by atoms with van der Waals surface area (Å²) < 4.78 is 10.4. The van der Waals surface area contributed by atoms with E-state index in [0.29, 0.717) is 24.7 Å². The molecule has 1 fully saturated rings. The van der Waals surface area contributed by atoms with Crippen LogP contribution in [0.4, 0.5) is 0 Å². The molecule has 11 heavy (non-hydrogen) atoms. The van der Waals surface area contributed by atoms with Gasteiger partial charge in [0.1, 0.15) is 6.79 Å². The fourth-order valence-electron chi connectivity index (χ4n) is 2.12. The lowest BCUT2D eigenvalue weighted by atomic mass is 10.1. The molecule has 0 aromatic rings. The molecular weight excluding hydrogens is 140 g/mol. The van der Waals surface area contributed by atoms with E-state index in [1.807, 2.05) is 0 Å². The standard InChI is InChI=1S/C9H14O2/c1-10-6-11-9-7-2-3-8(9)5-4-7/h2-3,7-9H,4-6H2,1H3. The van der Waals surface area contributed by atoms with Gasteiger partial charge < -0.3 is 9.47 Å². The average molecular weight is 154 g/mol. The van der Waals surface area contributed by atoms with Crippen molar-refractivity contribution < 1.29 is 9.47 Å². The van der Waals surface area contributed by atoms with Gasteiger partial charge in [-0.05, 0) is 12.8 Å². The van der Waals surface area contributed by atoms with Crippen molar-refractivity contribution in [2.24, 2.45) is 11.8 Å². The fraction of sp³-hybridized carbons (Fsp3) is 0.778. The second kappa shape index (κ2) is 2.95. The van der Waals surface area contributed by atoms with E-state index in [-0.39, 0.29) is 0 Å². The first-order chi connectivity index (χ1) is 5.42. The van der Waals surface area contributed by atoms with Crippen LogP contribution in [0.3, 0.4) is 0 Å². The van der Waals surface area contributed by atoms with Gasteiger partial charge in [-0.25, -0.2) is 0 Å². The van der Waals surface area contributed by atoms with Crippen LogP contribution < -0.4 is 0 Å². The Morgan fingerprint density at radius 2 is 1.91 bits per heavy atom. The SMILES string of the molecule is COCOC1C2C=CC1CC2. The van der Waals surface area contributed by atoms with E-state index in [0.717, 1.165) is 0 Å². The lowest BCUT2D eigenvalue weighted by Gasteiger charge is -2.15.